The van der Waals surface area contributed by atoms with Gasteiger partial charge in [-0.2, -0.15) is 0 Å². The third-order valence-corrected chi connectivity index (χ3v) is 2.53. The SMILES string of the molecule is COCCc1nc2c(c(=O)[nH]1)CNCC2. The van der Waals surface area contributed by atoms with Gasteiger partial charge in [-0.1, -0.05) is 0 Å². The molecule has 0 unspecified atom stereocenters. The molecule has 5 heteroatoms. The maximum atomic E-state index is 11.7. The summed E-state index contributed by atoms with van der Waals surface area (Å²) in [5.74, 6) is 0.725. The van der Waals surface area contributed by atoms with Crippen molar-refractivity contribution >= 4 is 0 Å². The summed E-state index contributed by atoms with van der Waals surface area (Å²) in [4.78, 5) is 18.9. The number of hydrogen-bond acceptors (Lipinski definition) is 4. The second-order valence-electron chi connectivity index (χ2n) is 3.61. The van der Waals surface area contributed by atoms with Crippen LogP contribution in [0.2, 0.25) is 0 Å². The van der Waals surface area contributed by atoms with Crippen LogP contribution in [0, 0.1) is 0 Å². The molecule has 1 aromatic rings. The quantitative estimate of drug-likeness (QED) is 0.711. The molecule has 1 aliphatic rings. The lowest BCUT2D eigenvalue weighted by Gasteiger charge is -2.15. The summed E-state index contributed by atoms with van der Waals surface area (Å²) in [6.07, 6.45) is 1.49. The summed E-state index contributed by atoms with van der Waals surface area (Å²) in [7, 11) is 1.64. The number of H-pyrrole nitrogens is 1. The third-order valence-electron chi connectivity index (χ3n) is 2.53. The summed E-state index contributed by atoms with van der Waals surface area (Å²) in [5.41, 5.74) is 1.70. The number of fused-ring (bicyclic) bond motifs is 1. The van der Waals surface area contributed by atoms with Gasteiger partial charge in [0.05, 0.1) is 17.9 Å². The van der Waals surface area contributed by atoms with E-state index in [0.29, 0.717) is 19.6 Å². The summed E-state index contributed by atoms with van der Waals surface area (Å²) in [6.45, 7) is 2.11. The van der Waals surface area contributed by atoms with Crippen molar-refractivity contribution in [1.29, 1.82) is 0 Å². The fourth-order valence-electron chi connectivity index (χ4n) is 1.72. The smallest absolute Gasteiger partial charge is 0.255 e. The van der Waals surface area contributed by atoms with E-state index in [1.165, 1.54) is 0 Å². The van der Waals surface area contributed by atoms with Crippen LogP contribution in [0.25, 0.3) is 0 Å². The van der Waals surface area contributed by atoms with Gasteiger partial charge in [-0.05, 0) is 0 Å². The summed E-state index contributed by atoms with van der Waals surface area (Å²) in [6, 6.07) is 0. The second-order valence-corrected chi connectivity index (χ2v) is 3.61. The molecule has 0 atom stereocenters. The minimum absolute atomic E-state index is 0.0155. The molecule has 2 heterocycles. The number of ether oxygens (including phenoxy) is 1. The zero-order chi connectivity index (χ0) is 10.7. The van der Waals surface area contributed by atoms with Gasteiger partial charge in [0.15, 0.2) is 0 Å². The van der Waals surface area contributed by atoms with Crippen molar-refractivity contribution < 1.29 is 4.74 Å². The van der Waals surface area contributed by atoms with Crippen LogP contribution in [0.5, 0.6) is 0 Å². The Balaban J connectivity index is 2.28. The van der Waals surface area contributed by atoms with Crippen LogP contribution in [0.1, 0.15) is 17.1 Å². The number of rotatable bonds is 3. The molecular weight excluding hydrogens is 194 g/mol. The Labute approximate surface area is 87.9 Å². The lowest BCUT2D eigenvalue weighted by atomic mass is 10.1. The first kappa shape index (κ1) is 10.3. The normalized spacial score (nSPS) is 15.0. The van der Waals surface area contributed by atoms with E-state index in [1.807, 2.05) is 0 Å². The van der Waals surface area contributed by atoms with E-state index in [1.54, 1.807) is 7.11 Å². The van der Waals surface area contributed by atoms with E-state index in [9.17, 15) is 4.79 Å². The molecule has 0 amide bonds. The number of aromatic nitrogens is 2. The highest BCUT2D eigenvalue weighted by Crippen LogP contribution is 2.06. The molecule has 0 saturated heterocycles. The van der Waals surface area contributed by atoms with E-state index in [-0.39, 0.29) is 5.56 Å². The fraction of sp³-hybridized carbons (Fsp3) is 0.600. The number of aromatic amines is 1. The van der Waals surface area contributed by atoms with Crippen molar-refractivity contribution in [1.82, 2.24) is 15.3 Å². The lowest BCUT2D eigenvalue weighted by molar-refractivity contribution is 0.200. The molecule has 2 N–H and O–H groups in total. The topological polar surface area (TPSA) is 67.0 Å². The molecule has 0 saturated carbocycles. The monoisotopic (exact) mass is 209 g/mol. The Kier molecular flexibility index (Phi) is 3.13. The van der Waals surface area contributed by atoms with Crippen LogP contribution in [0.4, 0.5) is 0 Å². The number of nitrogens with one attached hydrogen (secondary N) is 2. The predicted molar refractivity (Wildman–Crippen MR) is 55.8 cm³/mol. The van der Waals surface area contributed by atoms with E-state index in [2.05, 4.69) is 15.3 Å². The fourth-order valence-corrected chi connectivity index (χ4v) is 1.72. The molecule has 0 spiro atoms. The van der Waals surface area contributed by atoms with E-state index >= 15 is 0 Å². The first-order valence-electron chi connectivity index (χ1n) is 5.12. The van der Waals surface area contributed by atoms with Gasteiger partial charge in [-0.15, -0.1) is 0 Å². The molecule has 0 aromatic carbocycles. The van der Waals surface area contributed by atoms with Gasteiger partial charge >= 0.3 is 0 Å². The molecule has 0 aliphatic carbocycles. The van der Waals surface area contributed by atoms with E-state index in [0.717, 1.165) is 30.0 Å². The zero-order valence-electron chi connectivity index (χ0n) is 8.80. The van der Waals surface area contributed by atoms with Crippen molar-refractivity contribution in [2.45, 2.75) is 19.4 Å². The first-order chi connectivity index (χ1) is 7.31. The summed E-state index contributed by atoms with van der Waals surface area (Å²) < 4.78 is 4.96. The minimum atomic E-state index is -0.0155. The van der Waals surface area contributed by atoms with Crippen molar-refractivity contribution in [3.63, 3.8) is 0 Å². The van der Waals surface area contributed by atoms with Crippen molar-refractivity contribution in [2.24, 2.45) is 0 Å². The maximum absolute atomic E-state index is 11.7. The Bertz CT molecular complexity index is 400. The van der Waals surface area contributed by atoms with Crippen molar-refractivity contribution in [2.75, 3.05) is 20.3 Å². The average Bonchev–Trinajstić information content (AvgIpc) is 2.26. The molecular formula is C10H15N3O2. The molecule has 82 valence electrons. The summed E-state index contributed by atoms with van der Waals surface area (Å²) >= 11 is 0. The van der Waals surface area contributed by atoms with Crippen molar-refractivity contribution in [3.05, 3.63) is 27.4 Å². The van der Waals surface area contributed by atoms with Gasteiger partial charge in [-0.3, -0.25) is 4.79 Å². The van der Waals surface area contributed by atoms with Crippen LogP contribution in [0.3, 0.4) is 0 Å². The Morgan fingerprint density at radius 2 is 2.40 bits per heavy atom. The lowest BCUT2D eigenvalue weighted by Crippen LogP contribution is -2.32. The number of methoxy groups -OCH3 is 1. The second kappa shape index (κ2) is 4.55. The molecule has 2 rings (SSSR count). The minimum Gasteiger partial charge on any atom is -0.384 e. The summed E-state index contributed by atoms with van der Waals surface area (Å²) in [5, 5.41) is 3.16. The van der Waals surface area contributed by atoms with Crippen LogP contribution in [0.15, 0.2) is 4.79 Å². The Hall–Kier alpha value is -1.20. The van der Waals surface area contributed by atoms with E-state index < -0.39 is 0 Å². The molecule has 1 aromatic heterocycles. The first-order valence-corrected chi connectivity index (χ1v) is 5.12. The van der Waals surface area contributed by atoms with Gasteiger partial charge in [0.2, 0.25) is 0 Å². The van der Waals surface area contributed by atoms with Crippen molar-refractivity contribution in [3.8, 4) is 0 Å². The predicted octanol–water partition coefficient (Wildman–Crippen LogP) is -0.395. The largest absolute Gasteiger partial charge is 0.384 e. The molecule has 0 fully saturated rings. The molecule has 15 heavy (non-hydrogen) atoms. The van der Waals surface area contributed by atoms with Crippen LogP contribution in [-0.4, -0.2) is 30.2 Å². The number of hydrogen-bond donors (Lipinski definition) is 2. The Morgan fingerprint density at radius 3 is 3.20 bits per heavy atom. The van der Waals surface area contributed by atoms with Crippen LogP contribution < -0.4 is 10.9 Å². The highest BCUT2D eigenvalue weighted by atomic mass is 16.5. The molecule has 0 bridgehead atoms. The van der Waals surface area contributed by atoms with Gasteiger partial charge in [0.1, 0.15) is 5.82 Å². The van der Waals surface area contributed by atoms with Gasteiger partial charge in [0.25, 0.3) is 5.56 Å². The highest BCUT2D eigenvalue weighted by molar-refractivity contribution is 5.20. The zero-order valence-corrected chi connectivity index (χ0v) is 8.80. The molecule has 1 aliphatic heterocycles. The van der Waals surface area contributed by atoms with Gasteiger partial charge in [-0.25, -0.2) is 4.98 Å². The maximum Gasteiger partial charge on any atom is 0.255 e. The third kappa shape index (κ3) is 2.24. The standard InChI is InChI=1S/C10H15N3O2/c1-15-5-3-9-12-8-2-4-11-6-7(8)10(14)13-9/h11H,2-6H2,1H3,(H,12,13,14). The van der Waals surface area contributed by atoms with Gasteiger partial charge < -0.3 is 15.0 Å². The average molecular weight is 209 g/mol. The van der Waals surface area contributed by atoms with Gasteiger partial charge in [0, 0.05) is 33.0 Å². The highest BCUT2D eigenvalue weighted by Gasteiger charge is 2.14. The molecule has 5 nitrogen and oxygen atoms in total. The van der Waals surface area contributed by atoms with E-state index in [4.69, 9.17) is 4.74 Å². The molecule has 0 radical (unpaired) electrons. The van der Waals surface area contributed by atoms with Crippen LogP contribution >= 0.6 is 0 Å². The Morgan fingerprint density at radius 1 is 1.53 bits per heavy atom. The van der Waals surface area contributed by atoms with Crippen LogP contribution in [-0.2, 0) is 24.1 Å². The number of nitrogens with zero attached hydrogens (tertiary/aromatic N) is 1.